The van der Waals surface area contributed by atoms with Gasteiger partial charge in [-0.3, -0.25) is 4.79 Å². The summed E-state index contributed by atoms with van der Waals surface area (Å²) in [6.07, 6.45) is 8.29. The van der Waals surface area contributed by atoms with Gasteiger partial charge in [0.05, 0.1) is 0 Å². The highest BCUT2D eigenvalue weighted by Crippen LogP contribution is 2.35. The van der Waals surface area contributed by atoms with E-state index >= 15 is 0 Å². The molecule has 3 rings (SSSR count). The summed E-state index contributed by atoms with van der Waals surface area (Å²) in [5, 5.41) is 4.33. The van der Waals surface area contributed by atoms with Crippen LogP contribution in [0.4, 0.5) is 5.69 Å². The van der Waals surface area contributed by atoms with E-state index in [0.717, 1.165) is 24.9 Å². The first-order chi connectivity index (χ1) is 9.65. The van der Waals surface area contributed by atoms with Crippen LogP contribution in [0.3, 0.4) is 0 Å². The van der Waals surface area contributed by atoms with Gasteiger partial charge >= 0.3 is 0 Å². The molecule has 0 unspecified atom stereocenters. The smallest absolute Gasteiger partial charge is 0.290 e. The van der Waals surface area contributed by atoms with Crippen LogP contribution in [0.2, 0.25) is 5.15 Å². The number of hydrogen-bond donors (Lipinski definition) is 0. The van der Waals surface area contributed by atoms with Crippen molar-refractivity contribution in [1.82, 2.24) is 9.78 Å². The average Bonchev–Trinajstić information content (AvgIpc) is 2.62. The zero-order valence-corrected chi connectivity index (χ0v) is 12.8. The molecule has 1 aliphatic heterocycles. The lowest BCUT2D eigenvalue weighted by molar-refractivity contribution is 0.246. The molecular weight excluding hydrogens is 274 g/mol. The van der Waals surface area contributed by atoms with Gasteiger partial charge in [0.2, 0.25) is 0 Å². The minimum absolute atomic E-state index is 0.0475. The van der Waals surface area contributed by atoms with E-state index in [-0.39, 0.29) is 5.56 Å². The summed E-state index contributed by atoms with van der Waals surface area (Å²) >= 11 is 5.96. The molecule has 2 heterocycles. The molecule has 2 aliphatic rings. The Morgan fingerprint density at radius 3 is 2.45 bits per heavy atom. The van der Waals surface area contributed by atoms with E-state index in [2.05, 4.69) is 10.00 Å². The number of aromatic nitrogens is 2. The summed E-state index contributed by atoms with van der Waals surface area (Å²) in [6.45, 7) is 2.00. The molecule has 20 heavy (non-hydrogen) atoms. The second-order valence-corrected chi connectivity index (χ2v) is 6.59. The second-order valence-electron chi connectivity index (χ2n) is 6.20. The van der Waals surface area contributed by atoms with Crippen molar-refractivity contribution < 1.29 is 0 Å². The molecule has 0 atom stereocenters. The Bertz CT molecular complexity index is 528. The van der Waals surface area contributed by atoms with Crippen molar-refractivity contribution in [2.45, 2.75) is 38.5 Å². The fourth-order valence-electron chi connectivity index (χ4n) is 3.57. The monoisotopic (exact) mass is 295 g/mol. The lowest BCUT2D eigenvalue weighted by Crippen LogP contribution is -2.52. The van der Waals surface area contributed by atoms with Crippen LogP contribution in [0.15, 0.2) is 10.9 Å². The third-order valence-corrected chi connectivity index (χ3v) is 5.02. The van der Waals surface area contributed by atoms with Crippen LogP contribution < -0.4 is 10.5 Å². The largest absolute Gasteiger partial charge is 0.366 e. The molecule has 0 spiro atoms. The average molecular weight is 296 g/mol. The Labute approximate surface area is 124 Å². The number of anilines is 1. The van der Waals surface area contributed by atoms with Crippen molar-refractivity contribution in [1.29, 1.82) is 0 Å². The van der Waals surface area contributed by atoms with Crippen LogP contribution in [0.1, 0.15) is 38.5 Å². The lowest BCUT2D eigenvalue weighted by Gasteiger charge is -2.44. The van der Waals surface area contributed by atoms with Crippen molar-refractivity contribution in [3.05, 3.63) is 21.6 Å². The van der Waals surface area contributed by atoms with Gasteiger partial charge in [-0.25, -0.2) is 4.68 Å². The van der Waals surface area contributed by atoms with Crippen LogP contribution in [0.5, 0.6) is 0 Å². The quantitative estimate of drug-likeness (QED) is 0.788. The van der Waals surface area contributed by atoms with Crippen molar-refractivity contribution in [3.8, 4) is 0 Å². The van der Waals surface area contributed by atoms with Crippen LogP contribution in [-0.2, 0) is 7.05 Å². The highest BCUT2D eigenvalue weighted by Gasteiger charge is 2.34. The molecule has 0 bridgehead atoms. The summed E-state index contributed by atoms with van der Waals surface area (Å²) in [5.74, 6) is 1.61. The van der Waals surface area contributed by atoms with Gasteiger partial charge in [-0.05, 0) is 11.8 Å². The Kier molecular flexibility index (Phi) is 4.01. The summed E-state index contributed by atoms with van der Waals surface area (Å²) < 4.78 is 1.33. The first-order valence-corrected chi connectivity index (χ1v) is 8.02. The van der Waals surface area contributed by atoms with Gasteiger partial charge in [-0.1, -0.05) is 50.1 Å². The maximum atomic E-state index is 12.1. The minimum Gasteiger partial charge on any atom is -0.366 e. The molecule has 0 aromatic carbocycles. The van der Waals surface area contributed by atoms with E-state index in [0.29, 0.717) is 10.8 Å². The van der Waals surface area contributed by atoms with Crippen LogP contribution in [0, 0.1) is 11.8 Å². The predicted molar refractivity (Wildman–Crippen MR) is 81.4 cm³/mol. The van der Waals surface area contributed by atoms with Gasteiger partial charge in [0, 0.05) is 26.2 Å². The molecule has 5 heteroatoms. The number of rotatable bonds is 2. The van der Waals surface area contributed by atoms with Crippen molar-refractivity contribution in [2.75, 3.05) is 18.0 Å². The predicted octanol–water partition coefficient (Wildman–Crippen LogP) is 2.84. The van der Waals surface area contributed by atoms with Crippen LogP contribution in [0.25, 0.3) is 0 Å². The van der Waals surface area contributed by atoms with Gasteiger partial charge in [-0.2, -0.15) is 5.10 Å². The van der Waals surface area contributed by atoms with Gasteiger partial charge in [0.25, 0.3) is 5.56 Å². The molecule has 0 N–H and O–H groups in total. The topological polar surface area (TPSA) is 38.1 Å². The minimum atomic E-state index is -0.0475. The highest BCUT2D eigenvalue weighted by molar-refractivity contribution is 6.29. The fraction of sp³-hybridized carbons (Fsp3) is 0.733. The molecule has 1 aromatic rings. The normalized spacial score (nSPS) is 21.6. The molecule has 1 aliphatic carbocycles. The first-order valence-electron chi connectivity index (χ1n) is 7.64. The third-order valence-electron chi connectivity index (χ3n) is 4.83. The third kappa shape index (κ3) is 2.71. The van der Waals surface area contributed by atoms with Crippen LogP contribution in [-0.4, -0.2) is 22.9 Å². The van der Waals surface area contributed by atoms with E-state index < -0.39 is 0 Å². The van der Waals surface area contributed by atoms with E-state index in [9.17, 15) is 4.79 Å². The molecule has 1 saturated carbocycles. The Morgan fingerprint density at radius 2 is 1.80 bits per heavy atom. The van der Waals surface area contributed by atoms with Gasteiger partial charge in [-0.15, -0.1) is 0 Å². The van der Waals surface area contributed by atoms with Gasteiger partial charge in [0.15, 0.2) is 5.15 Å². The second kappa shape index (κ2) is 5.76. The highest BCUT2D eigenvalue weighted by atomic mass is 35.5. The van der Waals surface area contributed by atoms with E-state index in [4.69, 9.17) is 11.6 Å². The van der Waals surface area contributed by atoms with Crippen molar-refractivity contribution in [2.24, 2.45) is 18.9 Å². The Hall–Kier alpha value is -1.03. The molecule has 1 saturated heterocycles. The number of aryl methyl sites for hydroxylation is 1. The van der Waals surface area contributed by atoms with E-state index in [1.807, 2.05) is 0 Å². The molecule has 1 aromatic heterocycles. The molecule has 4 nitrogen and oxygen atoms in total. The summed E-state index contributed by atoms with van der Waals surface area (Å²) in [5.41, 5.74) is 0.658. The number of halogens is 1. The summed E-state index contributed by atoms with van der Waals surface area (Å²) in [7, 11) is 1.65. The molecule has 2 fully saturated rings. The summed E-state index contributed by atoms with van der Waals surface area (Å²) in [4.78, 5) is 14.3. The zero-order valence-electron chi connectivity index (χ0n) is 12.0. The van der Waals surface area contributed by atoms with Crippen molar-refractivity contribution in [3.63, 3.8) is 0 Å². The van der Waals surface area contributed by atoms with Crippen LogP contribution >= 0.6 is 11.6 Å². The standard InChI is InChI=1S/C15H22ClN3O/c1-18-15(20)13(8-14(16)17-18)19-9-12(10-19)11-6-4-2-3-5-7-11/h8,11-12H,2-7,9-10H2,1H3. The summed E-state index contributed by atoms with van der Waals surface area (Å²) in [6, 6.07) is 1.70. The lowest BCUT2D eigenvalue weighted by atomic mass is 9.81. The van der Waals surface area contributed by atoms with Gasteiger partial charge in [0.1, 0.15) is 5.69 Å². The maximum Gasteiger partial charge on any atom is 0.290 e. The fourth-order valence-corrected chi connectivity index (χ4v) is 3.79. The van der Waals surface area contributed by atoms with E-state index in [1.165, 1.54) is 43.2 Å². The van der Waals surface area contributed by atoms with E-state index in [1.54, 1.807) is 13.1 Å². The molecule has 0 amide bonds. The zero-order chi connectivity index (χ0) is 14.1. The van der Waals surface area contributed by atoms with Gasteiger partial charge < -0.3 is 4.90 Å². The molecular formula is C15H22ClN3O. The molecule has 110 valence electrons. The first kappa shape index (κ1) is 13.9. The van der Waals surface area contributed by atoms with Crippen molar-refractivity contribution >= 4 is 17.3 Å². The SMILES string of the molecule is Cn1nc(Cl)cc(N2CC(C3CCCCCC3)C2)c1=O. The molecule has 0 radical (unpaired) electrons. The maximum absolute atomic E-state index is 12.1. The number of hydrogen-bond acceptors (Lipinski definition) is 3. The number of nitrogens with zero attached hydrogens (tertiary/aromatic N) is 3. The Balaban J connectivity index is 1.67. The Morgan fingerprint density at radius 1 is 1.15 bits per heavy atom.